The quantitative estimate of drug-likeness (QED) is 0.192. The summed E-state index contributed by atoms with van der Waals surface area (Å²) in [7, 11) is 0. The molecular weight excluding hydrogens is 843 g/mol. The number of rotatable bonds is 3. The van der Waals surface area contributed by atoms with Gasteiger partial charge in [0.05, 0.1) is 39.1 Å². The highest BCUT2D eigenvalue weighted by molar-refractivity contribution is 6.12. The predicted molar refractivity (Wildman–Crippen MR) is 140 cm³/mol. The lowest BCUT2D eigenvalue weighted by molar-refractivity contribution is -0.155. The number of hydrogen-bond acceptors (Lipinski definition) is 6. The Morgan fingerprint density at radius 2 is 0.561 bits per heavy atom. The van der Waals surface area contributed by atoms with Crippen molar-refractivity contribution in [2.75, 3.05) is 0 Å². The number of halogens is 21. The molecular formula is C30H3F21N6. The molecule has 0 unspecified atom stereocenters. The normalized spacial score (nSPS) is 16.5. The molecule has 0 bridgehead atoms. The average molecular weight is 846 g/mol. The lowest BCUT2D eigenvalue weighted by atomic mass is 9.99. The minimum absolute atomic E-state index is 0.326. The van der Waals surface area contributed by atoms with Gasteiger partial charge in [-0.3, -0.25) is 0 Å². The number of pyridine rings is 3. The molecule has 0 spiro atoms. The third-order valence-corrected chi connectivity index (χ3v) is 7.27. The first kappa shape index (κ1) is 43.4. The molecule has 4 rings (SSSR count). The van der Waals surface area contributed by atoms with Gasteiger partial charge in [0, 0.05) is 16.7 Å². The largest absolute Gasteiger partial charge is 0.436 e. The van der Waals surface area contributed by atoms with Crippen LogP contribution in [-0.2, 0) is 30.9 Å². The Labute approximate surface area is 298 Å². The van der Waals surface area contributed by atoms with Gasteiger partial charge in [0.1, 0.15) is 18.2 Å². The molecule has 1 aliphatic rings. The molecule has 0 saturated heterocycles. The van der Waals surface area contributed by atoms with Crippen molar-refractivity contribution in [1.29, 1.82) is 15.8 Å². The molecule has 27 heteroatoms. The van der Waals surface area contributed by atoms with Crippen molar-refractivity contribution in [2.24, 2.45) is 0 Å². The van der Waals surface area contributed by atoms with Crippen molar-refractivity contribution in [3.8, 4) is 18.2 Å². The number of aromatic nitrogens is 3. The van der Waals surface area contributed by atoms with Crippen LogP contribution in [-0.4, -0.2) is 15.0 Å². The summed E-state index contributed by atoms with van der Waals surface area (Å²) in [5, 5.41) is 29.5. The summed E-state index contributed by atoms with van der Waals surface area (Å²) in [5.41, 5.74) is -38.8. The Hall–Kier alpha value is -6.33. The molecule has 1 aliphatic carbocycles. The zero-order chi connectivity index (χ0) is 43.9. The Kier molecular flexibility index (Phi) is 10.4. The second-order valence-electron chi connectivity index (χ2n) is 10.7. The second kappa shape index (κ2) is 13.7. The molecule has 0 atom stereocenters. The topological polar surface area (TPSA) is 110 Å². The van der Waals surface area contributed by atoms with Gasteiger partial charge in [-0.05, 0) is 6.92 Å². The third kappa shape index (κ3) is 7.38. The number of nitrogens with zero attached hydrogens (tertiary/aromatic N) is 6. The van der Waals surface area contributed by atoms with Crippen molar-refractivity contribution in [1.82, 2.24) is 15.0 Å². The number of alkyl halides is 15. The number of nitriles is 3. The van der Waals surface area contributed by atoms with Crippen LogP contribution >= 0.6 is 0 Å². The molecule has 0 N–H and O–H groups in total. The molecule has 300 valence electrons. The van der Waals surface area contributed by atoms with Crippen LogP contribution in [0.25, 0.3) is 16.7 Å². The van der Waals surface area contributed by atoms with E-state index < -0.39 is 150 Å². The van der Waals surface area contributed by atoms with Gasteiger partial charge in [-0.25, -0.2) is 41.3 Å². The molecule has 1 fully saturated rings. The van der Waals surface area contributed by atoms with Gasteiger partial charge in [0.15, 0.2) is 63.4 Å². The van der Waals surface area contributed by atoms with Crippen molar-refractivity contribution < 1.29 is 92.2 Å². The Balaban J connectivity index is 2.48. The van der Waals surface area contributed by atoms with E-state index in [4.69, 9.17) is 0 Å². The minimum Gasteiger partial charge on any atom is -0.243 e. The van der Waals surface area contributed by atoms with Crippen LogP contribution in [0, 0.1) is 75.8 Å². The summed E-state index contributed by atoms with van der Waals surface area (Å²) < 4.78 is 297. The molecule has 0 aromatic carbocycles. The maximum absolute atomic E-state index is 15.4. The lowest BCUT2D eigenvalue weighted by Gasteiger charge is -2.16. The van der Waals surface area contributed by atoms with Crippen molar-refractivity contribution in [3.63, 3.8) is 0 Å². The first-order valence-corrected chi connectivity index (χ1v) is 13.7. The van der Waals surface area contributed by atoms with Gasteiger partial charge in [-0.1, -0.05) is 0 Å². The summed E-state index contributed by atoms with van der Waals surface area (Å²) in [6.07, 6.45) is -31.4. The molecule has 3 heterocycles. The van der Waals surface area contributed by atoms with E-state index in [1.165, 1.54) is 0 Å². The highest BCUT2D eigenvalue weighted by Gasteiger charge is 2.52. The summed E-state index contributed by atoms with van der Waals surface area (Å²) in [5.74, 6) is -18.6. The first-order valence-electron chi connectivity index (χ1n) is 13.7. The van der Waals surface area contributed by atoms with E-state index in [1.54, 1.807) is 9.97 Å². The minimum atomic E-state index is -6.37. The maximum Gasteiger partial charge on any atom is 0.436 e. The molecule has 57 heavy (non-hydrogen) atoms. The molecule has 1 saturated carbocycles. The fourth-order valence-corrected chi connectivity index (χ4v) is 4.99. The second-order valence-corrected chi connectivity index (χ2v) is 10.7. The van der Waals surface area contributed by atoms with E-state index >= 15 is 26.3 Å². The molecule has 3 aromatic rings. The van der Waals surface area contributed by atoms with E-state index in [0.717, 1.165) is 0 Å². The third-order valence-electron chi connectivity index (χ3n) is 7.27. The number of hydrogen-bond donors (Lipinski definition) is 0. The van der Waals surface area contributed by atoms with Crippen molar-refractivity contribution in [2.45, 2.75) is 37.8 Å². The Morgan fingerprint density at radius 1 is 0.368 bits per heavy atom. The van der Waals surface area contributed by atoms with E-state index in [0.29, 0.717) is 25.1 Å². The lowest BCUT2D eigenvalue weighted by Crippen LogP contribution is -2.21. The van der Waals surface area contributed by atoms with Crippen molar-refractivity contribution in [3.05, 3.63) is 102 Å². The SMILES string of the molecule is Cc1nc(C(F)(F)F)c(F)c(/C(C#N)=C2/C(=C(C#N)c3c(F)c(C(F)(F)F)nc(C(F)(F)F)c3F)/C2=C(/C#N)c2c(F)c(C(F)(F)F)nc(C(F)(F)F)c2F)c1F. The predicted octanol–water partition coefficient (Wildman–Crippen LogP) is 10.4. The maximum atomic E-state index is 15.4. The Bertz CT molecular complexity index is 2290. The van der Waals surface area contributed by atoms with Gasteiger partial charge in [0.2, 0.25) is 0 Å². The van der Waals surface area contributed by atoms with Gasteiger partial charge in [-0.2, -0.15) is 81.6 Å². The zero-order valence-electron chi connectivity index (χ0n) is 26.1. The zero-order valence-corrected chi connectivity index (χ0v) is 26.1. The van der Waals surface area contributed by atoms with Crippen LogP contribution < -0.4 is 0 Å². The smallest absolute Gasteiger partial charge is 0.243 e. The monoisotopic (exact) mass is 846 g/mol. The van der Waals surface area contributed by atoms with E-state index in [2.05, 4.69) is 4.98 Å². The fourth-order valence-electron chi connectivity index (χ4n) is 4.99. The van der Waals surface area contributed by atoms with E-state index in [-0.39, 0.29) is 0 Å². The van der Waals surface area contributed by atoms with Crippen LogP contribution in [0.3, 0.4) is 0 Å². The van der Waals surface area contributed by atoms with Crippen molar-refractivity contribution >= 4 is 16.7 Å². The van der Waals surface area contributed by atoms with Gasteiger partial charge < -0.3 is 0 Å². The van der Waals surface area contributed by atoms with Crippen LogP contribution in [0.2, 0.25) is 0 Å². The number of aryl methyl sites for hydroxylation is 1. The van der Waals surface area contributed by atoms with Gasteiger partial charge in [0.25, 0.3) is 0 Å². The highest BCUT2D eigenvalue weighted by atomic mass is 19.4. The van der Waals surface area contributed by atoms with Gasteiger partial charge in [-0.15, -0.1) is 0 Å². The Morgan fingerprint density at radius 3 is 0.754 bits per heavy atom. The van der Waals surface area contributed by atoms with E-state index in [1.807, 2.05) is 0 Å². The average Bonchev–Trinajstić information content (AvgIpc) is 3.75. The van der Waals surface area contributed by atoms with Crippen LogP contribution in [0.5, 0.6) is 0 Å². The summed E-state index contributed by atoms with van der Waals surface area (Å²) in [4.78, 5) is 6.08. The van der Waals surface area contributed by atoms with Crippen LogP contribution in [0.1, 0.15) is 50.9 Å². The van der Waals surface area contributed by atoms with E-state index in [9.17, 15) is 81.6 Å². The molecule has 3 aromatic heterocycles. The molecule has 0 aliphatic heterocycles. The highest BCUT2D eigenvalue weighted by Crippen LogP contribution is 2.58. The standard InChI is InChI=1S/C30H3F21N6/c1-5-15(31)12(16(32)21(55-5)26(37,38)39)6(2-52)9-10(7(3-53)13-17(33)22(27(40,41)42)56-23(18(13)34)28(43,44)45)11(9)8(4-54)14-19(35)24(29(46,47)48)57-25(20(14)36)30(49,50)51/h1H3/b9-6-,10-7?,11-8-. The fraction of sp³-hybridized carbons (Fsp3) is 0.200. The first-order chi connectivity index (χ1) is 25.8. The summed E-state index contributed by atoms with van der Waals surface area (Å²) >= 11 is 0. The summed E-state index contributed by atoms with van der Waals surface area (Å²) in [6.45, 7) is 0.326. The van der Waals surface area contributed by atoms with Crippen LogP contribution in [0.4, 0.5) is 92.2 Å². The molecule has 0 radical (unpaired) electrons. The molecule has 0 amide bonds. The van der Waals surface area contributed by atoms with Crippen LogP contribution in [0.15, 0.2) is 16.7 Å². The van der Waals surface area contributed by atoms with Gasteiger partial charge >= 0.3 is 30.9 Å². The number of allylic oxidation sites excluding steroid dienone is 6. The molecule has 6 nitrogen and oxygen atoms in total. The summed E-state index contributed by atoms with van der Waals surface area (Å²) in [6, 6.07) is 1.74.